The van der Waals surface area contributed by atoms with Gasteiger partial charge in [0.25, 0.3) is 0 Å². The summed E-state index contributed by atoms with van der Waals surface area (Å²) in [6.07, 6.45) is -0.571. The minimum Gasteiger partial charge on any atom is -0.469 e. The molecule has 5 heteroatoms. The molecule has 0 amide bonds. The Kier molecular flexibility index (Phi) is 5.29. The molecular weight excluding hydrogens is 194 g/mol. The van der Waals surface area contributed by atoms with Crippen molar-refractivity contribution >= 4 is 18.4 Å². The van der Waals surface area contributed by atoms with Gasteiger partial charge in [-0.3, -0.25) is 4.79 Å². The third-order valence-corrected chi connectivity index (χ3v) is 2.33. The molecule has 13 heavy (non-hydrogen) atoms. The van der Waals surface area contributed by atoms with Crippen LogP contribution in [0, 0.1) is 11.8 Å². The second-order valence-corrected chi connectivity index (χ2v) is 3.26. The van der Waals surface area contributed by atoms with Gasteiger partial charge in [-0.15, -0.1) is 12.4 Å². The van der Waals surface area contributed by atoms with E-state index >= 15 is 0 Å². The minimum atomic E-state index is -0.571. The number of ether oxygens (including phenoxy) is 1. The van der Waals surface area contributed by atoms with Gasteiger partial charge in [0.05, 0.1) is 19.1 Å². The minimum absolute atomic E-state index is 0. The predicted octanol–water partition coefficient (Wildman–Crippen LogP) is -0.202. The molecule has 1 aliphatic rings. The highest BCUT2D eigenvalue weighted by Gasteiger charge is 2.34. The average molecular weight is 210 g/mol. The number of piperidine rings is 1. The van der Waals surface area contributed by atoms with Crippen molar-refractivity contribution in [1.82, 2.24) is 5.32 Å². The molecule has 0 bridgehead atoms. The maximum atomic E-state index is 11.1. The zero-order valence-electron chi connectivity index (χ0n) is 7.82. The maximum absolute atomic E-state index is 11.1. The molecule has 78 valence electrons. The van der Waals surface area contributed by atoms with Gasteiger partial charge in [-0.25, -0.2) is 0 Å². The summed E-state index contributed by atoms with van der Waals surface area (Å²) in [5, 5.41) is 12.7. The van der Waals surface area contributed by atoms with E-state index in [1.807, 2.05) is 6.92 Å². The molecule has 0 radical (unpaired) electrons. The molecule has 4 nitrogen and oxygen atoms in total. The number of methoxy groups -OCH3 is 1. The molecule has 0 aromatic rings. The van der Waals surface area contributed by atoms with Crippen molar-refractivity contribution in [2.24, 2.45) is 11.8 Å². The monoisotopic (exact) mass is 209 g/mol. The largest absolute Gasteiger partial charge is 0.469 e. The molecule has 0 spiro atoms. The predicted molar refractivity (Wildman–Crippen MR) is 50.8 cm³/mol. The molecular formula is C8H16ClNO3. The maximum Gasteiger partial charge on any atom is 0.312 e. The fourth-order valence-corrected chi connectivity index (χ4v) is 1.48. The van der Waals surface area contributed by atoms with E-state index in [1.54, 1.807) is 0 Å². The van der Waals surface area contributed by atoms with E-state index < -0.39 is 12.0 Å². The zero-order valence-corrected chi connectivity index (χ0v) is 8.63. The van der Waals surface area contributed by atoms with Gasteiger partial charge in [-0.05, 0) is 5.92 Å². The number of esters is 1. The Morgan fingerprint density at radius 2 is 2.15 bits per heavy atom. The quantitative estimate of drug-likeness (QED) is 0.588. The number of hydrogen-bond donors (Lipinski definition) is 2. The molecule has 1 fully saturated rings. The summed E-state index contributed by atoms with van der Waals surface area (Å²) in [5.41, 5.74) is 0. The van der Waals surface area contributed by atoms with Crippen LogP contribution in [0.15, 0.2) is 0 Å². The number of halogens is 1. The number of rotatable bonds is 1. The summed E-state index contributed by atoms with van der Waals surface area (Å²) in [4.78, 5) is 11.1. The van der Waals surface area contributed by atoms with Gasteiger partial charge in [0.2, 0.25) is 0 Å². The van der Waals surface area contributed by atoms with Crippen LogP contribution in [0.2, 0.25) is 0 Å². The average Bonchev–Trinajstić information content (AvgIpc) is 2.08. The first kappa shape index (κ1) is 12.7. The summed E-state index contributed by atoms with van der Waals surface area (Å²) >= 11 is 0. The van der Waals surface area contributed by atoms with Crippen molar-refractivity contribution in [2.75, 3.05) is 20.2 Å². The van der Waals surface area contributed by atoms with Crippen LogP contribution >= 0.6 is 12.4 Å². The molecule has 3 atom stereocenters. The summed E-state index contributed by atoms with van der Waals surface area (Å²) in [6, 6.07) is 0. The van der Waals surface area contributed by atoms with Crippen LogP contribution < -0.4 is 5.32 Å². The normalized spacial score (nSPS) is 33.3. The summed E-state index contributed by atoms with van der Waals surface area (Å²) in [7, 11) is 1.34. The van der Waals surface area contributed by atoms with E-state index in [0.29, 0.717) is 6.54 Å². The Morgan fingerprint density at radius 3 is 2.69 bits per heavy atom. The number of aliphatic hydroxyl groups is 1. The number of aliphatic hydroxyl groups excluding tert-OH is 1. The highest BCUT2D eigenvalue weighted by atomic mass is 35.5. The summed E-state index contributed by atoms with van der Waals surface area (Å²) < 4.78 is 4.57. The van der Waals surface area contributed by atoms with Gasteiger partial charge in [0, 0.05) is 13.1 Å². The number of hydrogen-bond acceptors (Lipinski definition) is 4. The Labute approximate surface area is 84.1 Å². The number of nitrogens with one attached hydrogen (secondary N) is 1. The van der Waals surface area contributed by atoms with Crippen LogP contribution in [0.25, 0.3) is 0 Å². The van der Waals surface area contributed by atoms with Gasteiger partial charge in [0.15, 0.2) is 0 Å². The smallest absolute Gasteiger partial charge is 0.312 e. The van der Waals surface area contributed by atoms with E-state index in [1.165, 1.54) is 7.11 Å². The van der Waals surface area contributed by atoms with Crippen molar-refractivity contribution in [3.63, 3.8) is 0 Å². The van der Waals surface area contributed by atoms with Crippen molar-refractivity contribution < 1.29 is 14.6 Å². The van der Waals surface area contributed by atoms with E-state index in [-0.39, 0.29) is 24.3 Å². The van der Waals surface area contributed by atoms with E-state index in [9.17, 15) is 9.90 Å². The molecule has 1 rings (SSSR count). The van der Waals surface area contributed by atoms with Crippen molar-refractivity contribution in [2.45, 2.75) is 13.0 Å². The van der Waals surface area contributed by atoms with Gasteiger partial charge in [-0.1, -0.05) is 6.92 Å². The molecule has 0 saturated carbocycles. The third kappa shape index (κ3) is 2.83. The molecule has 1 saturated heterocycles. The van der Waals surface area contributed by atoms with Crippen molar-refractivity contribution in [3.8, 4) is 0 Å². The molecule has 1 heterocycles. The highest BCUT2D eigenvalue weighted by Crippen LogP contribution is 2.17. The topological polar surface area (TPSA) is 58.6 Å². The first-order valence-corrected chi connectivity index (χ1v) is 4.13. The van der Waals surface area contributed by atoms with Crippen molar-refractivity contribution in [1.29, 1.82) is 0 Å². The van der Waals surface area contributed by atoms with Crippen LogP contribution in [0.5, 0.6) is 0 Å². The lowest BCUT2D eigenvalue weighted by Crippen LogP contribution is -2.49. The van der Waals surface area contributed by atoms with Gasteiger partial charge in [-0.2, -0.15) is 0 Å². The zero-order chi connectivity index (χ0) is 9.14. The molecule has 0 aromatic carbocycles. The fraction of sp³-hybridized carbons (Fsp3) is 0.875. The first-order chi connectivity index (χ1) is 5.66. The standard InChI is InChI=1S/C8H15NO3.ClH/c1-5-3-9-4-6(7(5)10)8(11)12-2;/h5-7,9-10H,3-4H2,1-2H3;1H. The van der Waals surface area contributed by atoms with Crippen LogP contribution in [0.3, 0.4) is 0 Å². The molecule has 3 unspecified atom stereocenters. The fourth-order valence-electron chi connectivity index (χ4n) is 1.48. The lowest BCUT2D eigenvalue weighted by Gasteiger charge is -2.31. The van der Waals surface area contributed by atoms with Gasteiger partial charge in [0.1, 0.15) is 0 Å². The lowest BCUT2D eigenvalue weighted by atomic mass is 9.88. The van der Waals surface area contributed by atoms with Crippen LogP contribution in [-0.2, 0) is 9.53 Å². The third-order valence-electron chi connectivity index (χ3n) is 2.33. The Morgan fingerprint density at radius 1 is 1.54 bits per heavy atom. The number of carbonyl (C=O) groups is 1. The molecule has 0 aromatic heterocycles. The van der Waals surface area contributed by atoms with E-state index in [0.717, 1.165) is 6.54 Å². The van der Waals surface area contributed by atoms with Crippen molar-refractivity contribution in [3.05, 3.63) is 0 Å². The van der Waals surface area contributed by atoms with Gasteiger partial charge < -0.3 is 15.2 Å². The second kappa shape index (κ2) is 5.42. The second-order valence-electron chi connectivity index (χ2n) is 3.26. The summed E-state index contributed by atoms with van der Waals surface area (Å²) in [6.45, 7) is 3.18. The summed E-state index contributed by atoms with van der Waals surface area (Å²) in [5.74, 6) is -0.622. The molecule has 2 N–H and O–H groups in total. The van der Waals surface area contributed by atoms with Crippen LogP contribution in [0.1, 0.15) is 6.92 Å². The molecule has 0 aliphatic carbocycles. The SMILES string of the molecule is COC(=O)C1CNCC(C)C1O.Cl. The van der Waals surface area contributed by atoms with Gasteiger partial charge >= 0.3 is 5.97 Å². The van der Waals surface area contributed by atoms with Crippen LogP contribution in [-0.4, -0.2) is 37.4 Å². The molecule has 1 aliphatic heterocycles. The lowest BCUT2D eigenvalue weighted by molar-refractivity contribution is -0.151. The van der Waals surface area contributed by atoms with E-state index in [4.69, 9.17) is 0 Å². The Balaban J connectivity index is 0.00000144. The van der Waals surface area contributed by atoms with Crippen LogP contribution in [0.4, 0.5) is 0 Å². The number of carbonyl (C=O) groups excluding carboxylic acids is 1. The Bertz CT molecular complexity index is 177. The highest BCUT2D eigenvalue weighted by molar-refractivity contribution is 5.85. The first-order valence-electron chi connectivity index (χ1n) is 4.13. The van der Waals surface area contributed by atoms with E-state index in [2.05, 4.69) is 10.1 Å². The Hall–Kier alpha value is -0.320.